The number of nitrogens with zero attached hydrogens (tertiary/aromatic N) is 2. The Labute approximate surface area is 165 Å². The molecule has 2 rings (SSSR count). The highest BCUT2D eigenvalue weighted by Gasteiger charge is 2.18. The summed E-state index contributed by atoms with van der Waals surface area (Å²) in [4.78, 5) is 29.9. The van der Waals surface area contributed by atoms with Gasteiger partial charge in [-0.05, 0) is 37.5 Å². The quantitative estimate of drug-likeness (QED) is 0.316. The molecule has 0 saturated carbocycles. The molecular weight excluding hydrogens is 361 g/mol. The van der Waals surface area contributed by atoms with E-state index in [1.807, 2.05) is 11.8 Å². The largest absolute Gasteiger partial charge is 0.357 e. The summed E-state index contributed by atoms with van der Waals surface area (Å²) in [6.45, 7) is 5.94. The first-order valence-electron chi connectivity index (χ1n) is 9.89. The Hall–Kier alpha value is -2.64. The van der Waals surface area contributed by atoms with Crippen LogP contribution in [0.25, 0.3) is 0 Å². The van der Waals surface area contributed by atoms with Gasteiger partial charge in [0.05, 0.1) is 6.42 Å². The first kappa shape index (κ1) is 21.7. The number of amides is 2. The maximum absolute atomic E-state index is 13.1. The first-order valence-corrected chi connectivity index (χ1v) is 9.89. The van der Waals surface area contributed by atoms with Crippen LogP contribution in [0.4, 0.5) is 4.39 Å². The Morgan fingerprint density at radius 2 is 2.07 bits per heavy atom. The van der Waals surface area contributed by atoms with E-state index >= 15 is 0 Å². The highest BCUT2D eigenvalue weighted by molar-refractivity contribution is 5.80. The molecule has 3 N–H and O–H groups in total. The van der Waals surface area contributed by atoms with Crippen LogP contribution < -0.4 is 16.0 Å². The lowest BCUT2D eigenvalue weighted by molar-refractivity contribution is -0.127. The van der Waals surface area contributed by atoms with Crippen molar-refractivity contribution in [3.05, 3.63) is 35.6 Å². The fourth-order valence-electron chi connectivity index (χ4n) is 3.01. The summed E-state index contributed by atoms with van der Waals surface area (Å²) in [5.41, 5.74) is 0.650. The fourth-order valence-corrected chi connectivity index (χ4v) is 3.01. The molecule has 0 aromatic heterocycles. The number of carbonyl (C=O) groups excluding carboxylic acids is 2. The van der Waals surface area contributed by atoms with Crippen LogP contribution in [0.1, 0.15) is 31.7 Å². The zero-order chi connectivity index (χ0) is 20.2. The minimum atomic E-state index is -0.340. The molecule has 1 fully saturated rings. The van der Waals surface area contributed by atoms with Gasteiger partial charge in [0.1, 0.15) is 5.82 Å². The van der Waals surface area contributed by atoms with Crippen LogP contribution in [0.15, 0.2) is 29.3 Å². The van der Waals surface area contributed by atoms with Crippen molar-refractivity contribution in [3.8, 4) is 0 Å². The van der Waals surface area contributed by atoms with Gasteiger partial charge in [0.25, 0.3) is 0 Å². The number of rotatable bonds is 10. The van der Waals surface area contributed by atoms with Gasteiger partial charge >= 0.3 is 0 Å². The monoisotopic (exact) mass is 391 g/mol. The predicted octanol–water partition coefficient (Wildman–Crippen LogP) is 1.05. The molecule has 0 aliphatic carbocycles. The van der Waals surface area contributed by atoms with E-state index in [1.165, 1.54) is 12.1 Å². The van der Waals surface area contributed by atoms with Gasteiger partial charge in [0.2, 0.25) is 11.8 Å². The van der Waals surface area contributed by atoms with Gasteiger partial charge in [-0.25, -0.2) is 4.39 Å². The van der Waals surface area contributed by atoms with Crippen molar-refractivity contribution in [1.82, 2.24) is 20.9 Å². The second-order valence-corrected chi connectivity index (χ2v) is 6.68. The lowest BCUT2D eigenvalue weighted by Gasteiger charge is -2.15. The molecule has 8 heteroatoms. The maximum atomic E-state index is 13.1. The number of aliphatic imine (C=N–C) groups is 1. The van der Waals surface area contributed by atoms with Crippen molar-refractivity contribution in [1.29, 1.82) is 0 Å². The third-order valence-corrected chi connectivity index (χ3v) is 4.36. The van der Waals surface area contributed by atoms with Gasteiger partial charge < -0.3 is 20.9 Å². The molecule has 0 atom stereocenters. The number of nitrogens with one attached hydrogen (secondary N) is 3. The Morgan fingerprint density at radius 3 is 2.79 bits per heavy atom. The number of halogens is 1. The summed E-state index contributed by atoms with van der Waals surface area (Å²) < 4.78 is 13.1. The Morgan fingerprint density at radius 1 is 1.25 bits per heavy atom. The zero-order valence-corrected chi connectivity index (χ0v) is 16.5. The average molecular weight is 391 g/mol. The minimum Gasteiger partial charge on any atom is -0.357 e. The molecule has 1 saturated heterocycles. The third kappa shape index (κ3) is 7.94. The predicted molar refractivity (Wildman–Crippen MR) is 108 cm³/mol. The topological polar surface area (TPSA) is 85.8 Å². The Bertz CT molecular complexity index is 680. The fraction of sp³-hybridized carbons (Fsp3) is 0.550. The molecule has 0 spiro atoms. The van der Waals surface area contributed by atoms with Crippen molar-refractivity contribution < 1.29 is 14.0 Å². The summed E-state index contributed by atoms with van der Waals surface area (Å²) in [5, 5.41) is 9.13. The molecule has 1 aliphatic rings. The van der Waals surface area contributed by atoms with Crippen LogP contribution in [0.5, 0.6) is 0 Å². The van der Waals surface area contributed by atoms with Crippen LogP contribution in [-0.2, 0) is 16.0 Å². The van der Waals surface area contributed by atoms with Gasteiger partial charge in [-0.1, -0.05) is 12.1 Å². The summed E-state index contributed by atoms with van der Waals surface area (Å²) in [6, 6.07) is 6.05. The molecule has 0 radical (unpaired) electrons. The molecule has 1 aliphatic heterocycles. The number of guanidine groups is 1. The molecule has 1 heterocycles. The van der Waals surface area contributed by atoms with Gasteiger partial charge in [-0.2, -0.15) is 0 Å². The molecule has 0 unspecified atom stereocenters. The lowest BCUT2D eigenvalue weighted by Crippen LogP contribution is -2.41. The number of hydrogen-bond donors (Lipinski definition) is 3. The average Bonchev–Trinajstić information content (AvgIpc) is 3.07. The normalized spacial score (nSPS) is 14.3. The van der Waals surface area contributed by atoms with Crippen molar-refractivity contribution in [2.75, 3.05) is 39.3 Å². The van der Waals surface area contributed by atoms with Gasteiger partial charge in [0, 0.05) is 45.7 Å². The van der Waals surface area contributed by atoms with Crippen molar-refractivity contribution >= 4 is 17.8 Å². The molecule has 1 aromatic carbocycles. The van der Waals surface area contributed by atoms with Crippen LogP contribution in [0.3, 0.4) is 0 Å². The van der Waals surface area contributed by atoms with E-state index in [1.54, 1.807) is 12.1 Å². The second kappa shape index (κ2) is 11.9. The van der Waals surface area contributed by atoms with E-state index in [2.05, 4.69) is 20.9 Å². The Balaban J connectivity index is 1.63. The first-order chi connectivity index (χ1) is 13.6. The number of likely N-dealkylation sites (tertiary alicyclic amines) is 1. The van der Waals surface area contributed by atoms with Crippen LogP contribution in [-0.4, -0.2) is 61.9 Å². The zero-order valence-electron chi connectivity index (χ0n) is 16.5. The van der Waals surface area contributed by atoms with Crippen LogP contribution in [0, 0.1) is 5.82 Å². The minimum absolute atomic E-state index is 0.149. The molecule has 2 amide bonds. The third-order valence-electron chi connectivity index (χ3n) is 4.36. The van der Waals surface area contributed by atoms with Crippen molar-refractivity contribution in [3.63, 3.8) is 0 Å². The molecule has 1 aromatic rings. The highest BCUT2D eigenvalue weighted by atomic mass is 19.1. The van der Waals surface area contributed by atoms with Crippen LogP contribution >= 0.6 is 0 Å². The van der Waals surface area contributed by atoms with E-state index < -0.39 is 0 Å². The molecular formula is C20H30FN5O2. The molecule has 154 valence electrons. The molecule has 28 heavy (non-hydrogen) atoms. The van der Waals surface area contributed by atoms with E-state index in [-0.39, 0.29) is 24.1 Å². The lowest BCUT2D eigenvalue weighted by atomic mass is 10.1. The second-order valence-electron chi connectivity index (χ2n) is 6.68. The molecule has 7 nitrogen and oxygen atoms in total. The number of hydrogen-bond acceptors (Lipinski definition) is 3. The maximum Gasteiger partial charge on any atom is 0.224 e. The van der Waals surface area contributed by atoms with Crippen LogP contribution in [0.2, 0.25) is 0 Å². The van der Waals surface area contributed by atoms with Crippen molar-refractivity contribution in [2.45, 2.75) is 32.6 Å². The van der Waals surface area contributed by atoms with E-state index in [0.717, 1.165) is 32.5 Å². The van der Waals surface area contributed by atoms with Gasteiger partial charge in [0.15, 0.2) is 5.96 Å². The molecule has 0 bridgehead atoms. The van der Waals surface area contributed by atoms with E-state index in [4.69, 9.17) is 0 Å². The van der Waals surface area contributed by atoms with Gasteiger partial charge in [-0.3, -0.25) is 14.6 Å². The summed E-state index contributed by atoms with van der Waals surface area (Å²) in [7, 11) is 0. The van der Waals surface area contributed by atoms with E-state index in [0.29, 0.717) is 37.6 Å². The summed E-state index contributed by atoms with van der Waals surface area (Å²) in [6.07, 6.45) is 2.60. The SMILES string of the molecule is CCNC(=NCCCN1CCCC1=O)NCCNC(=O)Cc1cccc(F)c1. The highest BCUT2D eigenvalue weighted by Crippen LogP contribution is 2.09. The van der Waals surface area contributed by atoms with E-state index in [9.17, 15) is 14.0 Å². The number of benzene rings is 1. The summed E-state index contributed by atoms with van der Waals surface area (Å²) in [5.74, 6) is 0.440. The number of carbonyl (C=O) groups is 2. The summed E-state index contributed by atoms with van der Waals surface area (Å²) >= 11 is 0. The van der Waals surface area contributed by atoms with Gasteiger partial charge in [-0.15, -0.1) is 0 Å². The van der Waals surface area contributed by atoms with Crippen molar-refractivity contribution in [2.24, 2.45) is 4.99 Å². The standard InChI is InChI=1S/C20H30FN5O2/c1-2-22-20(24-9-5-13-26-12-4-8-19(26)28)25-11-10-23-18(27)15-16-6-3-7-17(21)14-16/h3,6-7,14H,2,4-5,8-13,15H2,1H3,(H,23,27)(H2,22,24,25). The Kier molecular flexibility index (Phi) is 9.24. The smallest absolute Gasteiger partial charge is 0.224 e.